The number of nitrogens with zero attached hydrogens (tertiary/aromatic N) is 3. The normalized spacial score (nSPS) is 20.9. The maximum Gasteiger partial charge on any atom is 0.306 e. The lowest BCUT2D eigenvalue weighted by Crippen LogP contribution is -2.29. The highest BCUT2D eigenvalue weighted by Crippen LogP contribution is 2.40. The standard InChI is InChI=1S/C38H43FN4O6S2/c1-24(35(44)45)19-25-9-6-11-27(20-25)38(4)16-8-15-37(2,3)23-50(46,47)18-14-30-29-13-17-40-32(29)22-31(39)33(30)51(48,49)28-12-7-10-26(21-28)34-41-36(38)42-43(34)5/h6-7,9-13,17,20-22,24,40H,8,14-16,18-19,23H2,1-5H3,(H,44,45)/t24-,38+/m0/s1. The fourth-order valence-corrected chi connectivity index (χ4v) is 11.0. The van der Waals surface area contributed by atoms with Crippen molar-refractivity contribution in [3.8, 4) is 11.4 Å². The molecule has 3 aromatic carbocycles. The Morgan fingerprint density at radius 3 is 2.53 bits per heavy atom. The monoisotopic (exact) mass is 734 g/mol. The molecule has 0 saturated heterocycles. The van der Waals surface area contributed by atoms with E-state index in [-0.39, 0.29) is 28.4 Å². The third-order valence-corrected chi connectivity index (χ3v) is 14.0. The molecular formula is C38H43FN4O6S2. The number of fused-ring (bicyclic) bond motifs is 8. The van der Waals surface area contributed by atoms with Crippen molar-refractivity contribution < 1.29 is 31.1 Å². The van der Waals surface area contributed by atoms with Gasteiger partial charge in [0.1, 0.15) is 10.7 Å². The minimum absolute atomic E-state index is 0.121. The molecule has 6 rings (SSSR count). The zero-order valence-electron chi connectivity index (χ0n) is 29.4. The van der Waals surface area contributed by atoms with Crippen molar-refractivity contribution in [3.63, 3.8) is 0 Å². The first-order valence-electron chi connectivity index (χ1n) is 17.0. The van der Waals surface area contributed by atoms with Crippen molar-refractivity contribution in [1.82, 2.24) is 19.7 Å². The second-order valence-electron chi connectivity index (χ2n) is 14.9. The number of rotatable bonds is 4. The van der Waals surface area contributed by atoms with Gasteiger partial charge in [0.25, 0.3) is 0 Å². The molecular weight excluding hydrogens is 692 g/mol. The first-order chi connectivity index (χ1) is 23.9. The smallest absolute Gasteiger partial charge is 0.306 e. The van der Waals surface area contributed by atoms with E-state index in [4.69, 9.17) is 10.1 Å². The average Bonchev–Trinajstić information content (AvgIpc) is 3.69. The number of carbonyl (C=O) groups is 1. The Kier molecular flexibility index (Phi) is 9.51. The fourth-order valence-electron chi connectivity index (χ4n) is 7.34. The Morgan fingerprint density at radius 2 is 1.78 bits per heavy atom. The summed E-state index contributed by atoms with van der Waals surface area (Å²) in [5, 5.41) is 14.8. The van der Waals surface area contributed by atoms with Crippen LogP contribution in [0.5, 0.6) is 0 Å². The highest BCUT2D eigenvalue weighted by Gasteiger charge is 2.37. The molecule has 0 fully saturated rings. The number of aryl methyl sites for hydroxylation is 2. The molecule has 0 spiro atoms. The predicted octanol–water partition coefficient (Wildman–Crippen LogP) is 6.67. The van der Waals surface area contributed by atoms with Crippen LogP contribution in [0.4, 0.5) is 4.39 Å². The number of hydrogen-bond acceptors (Lipinski definition) is 7. The Morgan fingerprint density at radius 1 is 1.04 bits per heavy atom. The predicted molar refractivity (Wildman–Crippen MR) is 194 cm³/mol. The molecule has 13 heteroatoms. The van der Waals surface area contributed by atoms with E-state index in [1.54, 1.807) is 43.0 Å². The number of carboxylic acid groups (broad SMARTS) is 1. The quantitative estimate of drug-likeness (QED) is 0.208. The van der Waals surface area contributed by atoms with Crippen LogP contribution < -0.4 is 0 Å². The van der Waals surface area contributed by atoms with Crippen molar-refractivity contribution in [2.45, 2.75) is 75.0 Å². The van der Waals surface area contributed by atoms with Crippen LogP contribution in [0.2, 0.25) is 0 Å². The Hall–Kier alpha value is -4.36. The Balaban J connectivity index is 1.53. The minimum Gasteiger partial charge on any atom is -0.481 e. The molecule has 3 heterocycles. The molecule has 270 valence electrons. The van der Waals surface area contributed by atoms with Crippen LogP contribution >= 0.6 is 0 Å². The van der Waals surface area contributed by atoms with Gasteiger partial charge < -0.3 is 10.1 Å². The number of nitrogens with one attached hydrogen (secondary N) is 1. The van der Waals surface area contributed by atoms with Gasteiger partial charge >= 0.3 is 5.97 Å². The molecule has 2 atom stereocenters. The molecule has 0 unspecified atom stereocenters. The van der Waals surface area contributed by atoms with Gasteiger partial charge in [-0.05, 0) is 79.0 Å². The Bertz CT molecular complexity index is 2360. The van der Waals surface area contributed by atoms with E-state index in [1.807, 2.05) is 45.0 Å². The van der Waals surface area contributed by atoms with Crippen LogP contribution in [0.25, 0.3) is 22.3 Å². The van der Waals surface area contributed by atoms with Crippen molar-refractivity contribution >= 4 is 36.5 Å². The summed E-state index contributed by atoms with van der Waals surface area (Å²) in [6, 6.07) is 16.6. The number of halogens is 1. The van der Waals surface area contributed by atoms with E-state index in [0.29, 0.717) is 53.8 Å². The molecule has 0 aliphatic carbocycles. The average molecular weight is 735 g/mol. The second kappa shape index (κ2) is 13.3. The topological polar surface area (TPSA) is 152 Å². The zero-order valence-corrected chi connectivity index (χ0v) is 31.0. The zero-order chi connectivity index (χ0) is 36.9. The summed E-state index contributed by atoms with van der Waals surface area (Å²) in [4.78, 5) is 18.9. The fraction of sp³-hybridized carbons (Fsp3) is 0.395. The molecule has 0 saturated carbocycles. The SMILES string of the molecule is C[C@@H](Cc1cccc([C@@]2(C)CCCC(C)(C)CS(=O)(=O)CCc3c(c(F)cc4[nH]ccc34)S(=O)(=O)c3cccc(c3)-c3nc2nn3C)c1)C(=O)O. The maximum absolute atomic E-state index is 15.9. The first-order valence-corrected chi connectivity index (χ1v) is 20.3. The van der Waals surface area contributed by atoms with Gasteiger partial charge in [-0.2, -0.15) is 5.10 Å². The van der Waals surface area contributed by atoms with E-state index in [9.17, 15) is 26.7 Å². The lowest BCUT2D eigenvalue weighted by Gasteiger charge is -2.31. The summed E-state index contributed by atoms with van der Waals surface area (Å²) in [6.07, 6.45) is 3.48. The van der Waals surface area contributed by atoms with Gasteiger partial charge in [-0.3, -0.25) is 4.79 Å². The van der Waals surface area contributed by atoms with Crippen LogP contribution in [0.15, 0.2) is 76.7 Å². The summed E-state index contributed by atoms with van der Waals surface area (Å²) in [5.74, 6) is -2.02. The van der Waals surface area contributed by atoms with E-state index in [1.165, 1.54) is 12.1 Å². The number of aliphatic carboxylic acids is 1. The molecule has 51 heavy (non-hydrogen) atoms. The van der Waals surface area contributed by atoms with Crippen molar-refractivity contribution in [3.05, 3.63) is 95.2 Å². The van der Waals surface area contributed by atoms with E-state index in [0.717, 1.165) is 17.2 Å². The van der Waals surface area contributed by atoms with Crippen LogP contribution in [0.1, 0.15) is 69.5 Å². The third kappa shape index (κ3) is 7.23. The summed E-state index contributed by atoms with van der Waals surface area (Å²) < 4.78 is 73.5. The van der Waals surface area contributed by atoms with E-state index >= 15 is 4.39 Å². The summed E-state index contributed by atoms with van der Waals surface area (Å²) >= 11 is 0. The summed E-state index contributed by atoms with van der Waals surface area (Å²) in [5.41, 5.74) is 1.29. The highest BCUT2D eigenvalue weighted by atomic mass is 32.2. The van der Waals surface area contributed by atoms with Gasteiger partial charge in [-0.25, -0.2) is 30.9 Å². The molecule has 2 N–H and O–H groups in total. The van der Waals surface area contributed by atoms with Gasteiger partial charge in [-0.1, -0.05) is 63.6 Å². The summed E-state index contributed by atoms with van der Waals surface area (Å²) in [7, 11) is -6.47. The number of hydrogen-bond donors (Lipinski definition) is 2. The van der Waals surface area contributed by atoms with Gasteiger partial charge in [0.05, 0.1) is 27.7 Å². The van der Waals surface area contributed by atoms with Crippen LogP contribution in [-0.2, 0) is 49.8 Å². The van der Waals surface area contributed by atoms with E-state index in [2.05, 4.69) is 4.98 Å². The highest BCUT2D eigenvalue weighted by molar-refractivity contribution is 7.92. The third-order valence-electron chi connectivity index (χ3n) is 10.1. The lowest BCUT2D eigenvalue weighted by molar-refractivity contribution is -0.141. The molecule has 0 amide bonds. The van der Waals surface area contributed by atoms with Gasteiger partial charge in [0.15, 0.2) is 21.5 Å². The van der Waals surface area contributed by atoms with Gasteiger partial charge in [-0.15, -0.1) is 0 Å². The minimum atomic E-state index is -4.48. The van der Waals surface area contributed by atoms with E-state index < -0.39 is 53.1 Å². The number of carboxylic acids is 1. The lowest BCUT2D eigenvalue weighted by atomic mass is 9.75. The van der Waals surface area contributed by atoms with Crippen molar-refractivity contribution in [2.24, 2.45) is 18.4 Å². The van der Waals surface area contributed by atoms with Crippen molar-refractivity contribution in [2.75, 3.05) is 11.5 Å². The van der Waals surface area contributed by atoms with Gasteiger partial charge in [0.2, 0.25) is 9.84 Å². The largest absolute Gasteiger partial charge is 0.481 e. The molecule has 0 radical (unpaired) electrons. The molecule has 5 aromatic rings. The molecule has 10 nitrogen and oxygen atoms in total. The van der Waals surface area contributed by atoms with Crippen LogP contribution in [-0.4, -0.2) is 59.2 Å². The number of sulfone groups is 2. The summed E-state index contributed by atoms with van der Waals surface area (Å²) in [6.45, 7) is 7.49. The second-order valence-corrected chi connectivity index (χ2v) is 18.9. The molecule has 1 aliphatic rings. The van der Waals surface area contributed by atoms with Crippen LogP contribution in [0.3, 0.4) is 0 Å². The Labute approximate surface area is 298 Å². The number of benzene rings is 3. The number of aromatic nitrogens is 4. The van der Waals surface area contributed by atoms with Crippen molar-refractivity contribution in [1.29, 1.82) is 0 Å². The maximum atomic E-state index is 15.9. The molecule has 1 aliphatic heterocycles. The number of aromatic amines is 1. The first kappa shape index (κ1) is 36.4. The van der Waals surface area contributed by atoms with Crippen LogP contribution in [0, 0.1) is 17.2 Å². The molecule has 4 bridgehead atoms. The number of H-pyrrole nitrogens is 1. The molecule has 2 aromatic heterocycles. The van der Waals surface area contributed by atoms with Gasteiger partial charge in [0, 0.05) is 29.7 Å².